The molecule has 0 heterocycles. The number of rotatable bonds is 3. The van der Waals surface area contributed by atoms with E-state index in [1.807, 2.05) is 20.8 Å². The fraction of sp³-hybridized carbons (Fsp3) is 0.909. The van der Waals surface area contributed by atoms with Gasteiger partial charge in [0.25, 0.3) is 0 Å². The molecule has 4 nitrogen and oxygen atoms in total. The van der Waals surface area contributed by atoms with E-state index in [0.29, 0.717) is 0 Å². The zero-order chi connectivity index (χ0) is 11.5. The molecular weight excluding hydrogens is 194 g/mol. The standard InChI is InChI=1S/C11H21NO3/c1-11(2,3)15-12(8-13)9-4-6-10(14)7-5-9/h8-10,14H,4-7H2,1-3H3. The topological polar surface area (TPSA) is 49.8 Å². The molecule has 1 aliphatic rings. The summed E-state index contributed by atoms with van der Waals surface area (Å²) in [6.07, 6.45) is 3.68. The van der Waals surface area contributed by atoms with Crippen molar-refractivity contribution in [2.24, 2.45) is 0 Å². The Morgan fingerprint density at radius 3 is 2.20 bits per heavy atom. The summed E-state index contributed by atoms with van der Waals surface area (Å²) >= 11 is 0. The van der Waals surface area contributed by atoms with Crippen molar-refractivity contribution >= 4 is 6.41 Å². The first-order chi connectivity index (χ1) is 6.92. The van der Waals surface area contributed by atoms with Gasteiger partial charge in [-0.2, -0.15) is 0 Å². The lowest BCUT2D eigenvalue weighted by Crippen LogP contribution is -2.42. The fourth-order valence-electron chi connectivity index (χ4n) is 1.81. The molecule has 0 bridgehead atoms. The molecule has 88 valence electrons. The maximum atomic E-state index is 10.9. The number of aliphatic hydroxyl groups is 1. The van der Waals surface area contributed by atoms with Gasteiger partial charge in [-0.1, -0.05) is 0 Å². The molecule has 0 unspecified atom stereocenters. The molecular formula is C11H21NO3. The maximum Gasteiger partial charge on any atom is 0.233 e. The largest absolute Gasteiger partial charge is 0.393 e. The van der Waals surface area contributed by atoms with Gasteiger partial charge in [0.15, 0.2) is 0 Å². The Labute approximate surface area is 91.2 Å². The molecule has 0 aromatic rings. The van der Waals surface area contributed by atoms with Crippen LogP contribution in [0.4, 0.5) is 0 Å². The number of carbonyl (C=O) groups is 1. The highest BCUT2D eigenvalue weighted by Gasteiger charge is 2.27. The Kier molecular flexibility index (Phi) is 4.11. The minimum absolute atomic E-state index is 0.116. The van der Waals surface area contributed by atoms with E-state index in [0.717, 1.165) is 32.1 Å². The average molecular weight is 215 g/mol. The molecule has 1 fully saturated rings. The minimum Gasteiger partial charge on any atom is -0.393 e. The van der Waals surface area contributed by atoms with Gasteiger partial charge in [-0.3, -0.25) is 9.63 Å². The molecule has 15 heavy (non-hydrogen) atoms. The van der Waals surface area contributed by atoms with Crippen molar-refractivity contribution in [3.63, 3.8) is 0 Å². The molecule has 1 amide bonds. The highest BCUT2D eigenvalue weighted by Crippen LogP contribution is 2.24. The minimum atomic E-state index is -0.350. The van der Waals surface area contributed by atoms with Gasteiger partial charge in [0, 0.05) is 0 Å². The van der Waals surface area contributed by atoms with Gasteiger partial charge in [-0.25, -0.2) is 5.06 Å². The number of hydrogen-bond donors (Lipinski definition) is 1. The van der Waals surface area contributed by atoms with Gasteiger partial charge in [-0.15, -0.1) is 0 Å². The molecule has 1 saturated carbocycles. The second-order valence-electron chi connectivity index (χ2n) is 5.13. The number of nitrogens with zero attached hydrogens (tertiary/aromatic N) is 1. The van der Waals surface area contributed by atoms with Crippen LogP contribution < -0.4 is 0 Å². The molecule has 0 aromatic carbocycles. The molecule has 0 saturated heterocycles. The van der Waals surface area contributed by atoms with Gasteiger partial charge < -0.3 is 5.11 Å². The van der Waals surface area contributed by atoms with Crippen molar-refractivity contribution in [2.45, 2.75) is 64.2 Å². The Balaban J connectivity index is 2.48. The van der Waals surface area contributed by atoms with Crippen LogP contribution in [-0.4, -0.2) is 34.3 Å². The highest BCUT2D eigenvalue weighted by molar-refractivity contribution is 5.45. The molecule has 0 spiro atoms. The third-order valence-corrected chi connectivity index (χ3v) is 2.51. The van der Waals surface area contributed by atoms with Crippen molar-refractivity contribution in [3.05, 3.63) is 0 Å². The van der Waals surface area contributed by atoms with E-state index in [4.69, 9.17) is 4.84 Å². The smallest absolute Gasteiger partial charge is 0.233 e. The molecule has 0 radical (unpaired) electrons. The number of aliphatic hydroxyl groups excluding tert-OH is 1. The highest BCUT2D eigenvalue weighted by atomic mass is 16.7. The zero-order valence-corrected chi connectivity index (χ0v) is 9.77. The van der Waals surface area contributed by atoms with Crippen molar-refractivity contribution in [3.8, 4) is 0 Å². The van der Waals surface area contributed by atoms with E-state index >= 15 is 0 Å². The van der Waals surface area contributed by atoms with Crippen molar-refractivity contribution in [1.82, 2.24) is 5.06 Å². The fourth-order valence-corrected chi connectivity index (χ4v) is 1.81. The van der Waals surface area contributed by atoms with Crippen LogP contribution in [0.2, 0.25) is 0 Å². The van der Waals surface area contributed by atoms with Crippen LogP contribution in [0.15, 0.2) is 0 Å². The third-order valence-electron chi connectivity index (χ3n) is 2.51. The van der Waals surface area contributed by atoms with Gasteiger partial charge in [-0.05, 0) is 46.5 Å². The second-order valence-corrected chi connectivity index (χ2v) is 5.13. The SMILES string of the molecule is CC(C)(C)ON(C=O)C1CCC(O)CC1. The number of hydroxylamine groups is 2. The quantitative estimate of drug-likeness (QED) is 0.573. The van der Waals surface area contributed by atoms with Gasteiger partial charge in [0.05, 0.1) is 17.7 Å². The third kappa shape index (κ3) is 4.18. The molecule has 1 aliphatic carbocycles. The van der Waals surface area contributed by atoms with Gasteiger partial charge in [0.1, 0.15) is 0 Å². The average Bonchev–Trinajstić information content (AvgIpc) is 2.14. The summed E-state index contributed by atoms with van der Waals surface area (Å²) in [6, 6.07) is 0.116. The van der Waals surface area contributed by atoms with Gasteiger partial charge >= 0.3 is 0 Å². The molecule has 0 aliphatic heterocycles. The molecule has 1 N–H and O–H groups in total. The van der Waals surface area contributed by atoms with E-state index in [-0.39, 0.29) is 17.7 Å². The lowest BCUT2D eigenvalue weighted by atomic mass is 9.93. The second kappa shape index (κ2) is 4.94. The summed E-state index contributed by atoms with van der Waals surface area (Å²) in [6.45, 7) is 5.75. The van der Waals surface area contributed by atoms with E-state index in [9.17, 15) is 9.90 Å². The first-order valence-corrected chi connectivity index (χ1v) is 5.53. The molecule has 0 aromatic heterocycles. The predicted molar refractivity (Wildman–Crippen MR) is 57.0 cm³/mol. The van der Waals surface area contributed by atoms with Crippen LogP contribution >= 0.6 is 0 Å². The van der Waals surface area contributed by atoms with Crippen molar-refractivity contribution < 1.29 is 14.7 Å². The van der Waals surface area contributed by atoms with Crippen LogP contribution in [0.25, 0.3) is 0 Å². The molecule has 0 atom stereocenters. The van der Waals surface area contributed by atoms with Crippen molar-refractivity contribution in [2.75, 3.05) is 0 Å². The van der Waals surface area contributed by atoms with E-state index < -0.39 is 0 Å². The molecule has 1 rings (SSSR count). The van der Waals surface area contributed by atoms with Crippen LogP contribution in [-0.2, 0) is 9.63 Å². The summed E-state index contributed by atoms with van der Waals surface area (Å²) in [4.78, 5) is 16.4. The van der Waals surface area contributed by atoms with Crippen LogP contribution in [0.3, 0.4) is 0 Å². The van der Waals surface area contributed by atoms with Crippen LogP contribution in [0, 0.1) is 0 Å². The Hall–Kier alpha value is -0.610. The van der Waals surface area contributed by atoms with E-state index in [1.165, 1.54) is 5.06 Å². The lowest BCUT2D eigenvalue weighted by molar-refractivity contribution is -0.236. The zero-order valence-electron chi connectivity index (χ0n) is 9.77. The number of carbonyl (C=O) groups excluding carboxylic acids is 1. The molecule has 4 heteroatoms. The van der Waals surface area contributed by atoms with Crippen molar-refractivity contribution in [1.29, 1.82) is 0 Å². The lowest BCUT2D eigenvalue weighted by Gasteiger charge is -2.35. The summed E-state index contributed by atoms with van der Waals surface area (Å²) in [5.41, 5.74) is -0.350. The van der Waals surface area contributed by atoms with Gasteiger partial charge in [0.2, 0.25) is 6.41 Å². The van der Waals surface area contributed by atoms with Crippen LogP contribution in [0.5, 0.6) is 0 Å². The normalized spacial score (nSPS) is 27.5. The number of amides is 1. The maximum absolute atomic E-state index is 10.9. The summed E-state index contributed by atoms with van der Waals surface area (Å²) < 4.78 is 0. The first-order valence-electron chi connectivity index (χ1n) is 5.53. The first kappa shape index (κ1) is 12.5. The van der Waals surface area contributed by atoms with E-state index in [2.05, 4.69) is 0 Å². The summed E-state index contributed by atoms with van der Waals surface area (Å²) in [5.74, 6) is 0. The number of hydrogen-bond acceptors (Lipinski definition) is 3. The van der Waals surface area contributed by atoms with E-state index in [1.54, 1.807) is 0 Å². The summed E-state index contributed by atoms with van der Waals surface area (Å²) in [7, 11) is 0. The Morgan fingerprint density at radius 2 is 1.80 bits per heavy atom. The Bertz CT molecular complexity index is 204. The predicted octanol–water partition coefficient (Wildman–Crippen LogP) is 1.48. The Morgan fingerprint density at radius 1 is 1.27 bits per heavy atom. The monoisotopic (exact) mass is 215 g/mol. The van der Waals surface area contributed by atoms with Crippen LogP contribution in [0.1, 0.15) is 46.5 Å². The summed E-state index contributed by atoms with van der Waals surface area (Å²) in [5, 5.41) is 10.8.